The second kappa shape index (κ2) is 9.21. The number of ether oxygens (including phenoxy) is 1. The molecule has 3 unspecified atom stereocenters. The summed E-state index contributed by atoms with van der Waals surface area (Å²) in [7, 11) is 1.45. The lowest BCUT2D eigenvalue weighted by atomic mass is 9.76. The third-order valence-electron chi connectivity index (χ3n) is 6.52. The fourth-order valence-corrected chi connectivity index (χ4v) is 4.02. The highest BCUT2D eigenvalue weighted by atomic mass is 19.4. The number of alkyl halides is 3. The van der Waals surface area contributed by atoms with Crippen LogP contribution in [0.25, 0.3) is 10.9 Å². The first-order valence-corrected chi connectivity index (χ1v) is 10.6. The minimum atomic E-state index is -5.05. The van der Waals surface area contributed by atoms with Crippen molar-refractivity contribution in [3.63, 3.8) is 0 Å². The first-order chi connectivity index (χ1) is 15.8. The molecule has 0 amide bonds. The number of nitrogens with one attached hydrogen (secondary N) is 1. The van der Waals surface area contributed by atoms with Gasteiger partial charge in [-0.1, -0.05) is 26.0 Å². The van der Waals surface area contributed by atoms with Crippen molar-refractivity contribution in [2.24, 2.45) is 10.9 Å². The predicted octanol–water partition coefficient (Wildman–Crippen LogP) is 5.73. The van der Waals surface area contributed by atoms with Gasteiger partial charge in [0.2, 0.25) is 5.56 Å². The average molecular weight is 478 g/mol. The summed E-state index contributed by atoms with van der Waals surface area (Å²) in [4.78, 5) is 17.7. The lowest BCUT2D eigenvalue weighted by molar-refractivity contribution is -0.246. The van der Waals surface area contributed by atoms with Crippen molar-refractivity contribution in [1.82, 2.24) is 4.98 Å². The molecule has 0 spiro atoms. The number of pyridine rings is 1. The Labute approximate surface area is 194 Å². The summed E-state index contributed by atoms with van der Waals surface area (Å²) in [5.74, 6) is -2.41. The van der Waals surface area contributed by atoms with Crippen LogP contribution in [0.1, 0.15) is 36.5 Å². The SMILES string of the molecule is COc1c(C(C)C(C)C(O)(C=Nc2ccc(F)c3[nH]c(=O)ccc23)C(F)(F)F)ccc(C)c1C. The Hall–Kier alpha value is -3.20. The Bertz CT molecular complexity index is 1300. The van der Waals surface area contributed by atoms with E-state index in [2.05, 4.69) is 9.98 Å². The lowest BCUT2D eigenvalue weighted by Gasteiger charge is -2.36. The van der Waals surface area contributed by atoms with Crippen molar-refractivity contribution in [2.45, 2.75) is 45.4 Å². The van der Waals surface area contributed by atoms with Gasteiger partial charge in [0.15, 0.2) is 5.60 Å². The molecular formula is C25H26F4N2O3. The van der Waals surface area contributed by atoms with Crippen LogP contribution in [0.3, 0.4) is 0 Å². The van der Waals surface area contributed by atoms with Gasteiger partial charge in [-0.25, -0.2) is 4.39 Å². The molecule has 0 saturated heterocycles. The van der Waals surface area contributed by atoms with Gasteiger partial charge in [-0.05, 0) is 54.7 Å². The molecule has 0 saturated carbocycles. The van der Waals surface area contributed by atoms with E-state index in [1.54, 1.807) is 19.1 Å². The summed E-state index contributed by atoms with van der Waals surface area (Å²) in [6, 6.07) is 8.05. The minimum absolute atomic E-state index is 0.0288. The maximum absolute atomic E-state index is 14.2. The topological polar surface area (TPSA) is 74.7 Å². The van der Waals surface area contributed by atoms with Crippen molar-refractivity contribution < 1.29 is 27.4 Å². The molecule has 3 aromatic rings. The molecule has 1 heterocycles. The lowest BCUT2D eigenvalue weighted by Crippen LogP contribution is -2.53. The highest BCUT2D eigenvalue weighted by molar-refractivity contribution is 5.92. The van der Waals surface area contributed by atoms with E-state index >= 15 is 0 Å². The van der Waals surface area contributed by atoms with Gasteiger partial charge in [0.1, 0.15) is 11.6 Å². The van der Waals surface area contributed by atoms with Crippen molar-refractivity contribution in [3.05, 3.63) is 69.3 Å². The fourth-order valence-electron chi connectivity index (χ4n) is 4.02. The number of nitrogens with zero attached hydrogens (tertiary/aromatic N) is 1. The number of fused-ring (bicyclic) bond motifs is 1. The molecule has 0 fully saturated rings. The minimum Gasteiger partial charge on any atom is -0.496 e. The molecule has 34 heavy (non-hydrogen) atoms. The molecule has 2 aromatic carbocycles. The Kier molecular flexibility index (Phi) is 6.89. The first kappa shape index (κ1) is 25.4. The van der Waals surface area contributed by atoms with E-state index in [1.807, 2.05) is 13.8 Å². The highest BCUT2D eigenvalue weighted by Crippen LogP contribution is 2.44. The van der Waals surface area contributed by atoms with E-state index in [1.165, 1.54) is 26.2 Å². The van der Waals surface area contributed by atoms with Gasteiger partial charge in [-0.3, -0.25) is 9.79 Å². The van der Waals surface area contributed by atoms with E-state index in [0.29, 0.717) is 17.5 Å². The number of hydrogen-bond donors (Lipinski definition) is 2. The molecule has 0 aliphatic rings. The third kappa shape index (κ3) is 4.44. The molecule has 0 aliphatic carbocycles. The van der Waals surface area contributed by atoms with E-state index in [9.17, 15) is 27.5 Å². The first-order valence-electron chi connectivity index (χ1n) is 10.6. The number of aliphatic hydroxyl groups is 1. The van der Waals surface area contributed by atoms with Crippen LogP contribution in [0.2, 0.25) is 0 Å². The largest absolute Gasteiger partial charge is 0.496 e. The zero-order chi connectivity index (χ0) is 25.4. The van der Waals surface area contributed by atoms with Crippen molar-refractivity contribution in [2.75, 3.05) is 7.11 Å². The predicted molar refractivity (Wildman–Crippen MR) is 124 cm³/mol. The molecule has 0 radical (unpaired) electrons. The third-order valence-corrected chi connectivity index (χ3v) is 6.52. The summed E-state index contributed by atoms with van der Waals surface area (Å²) in [5.41, 5.74) is -1.83. The van der Waals surface area contributed by atoms with Crippen molar-refractivity contribution in [3.8, 4) is 5.75 Å². The van der Waals surface area contributed by atoms with E-state index < -0.39 is 35.0 Å². The Morgan fingerprint density at radius 1 is 1.09 bits per heavy atom. The van der Waals surface area contributed by atoms with Crippen LogP contribution in [0.15, 0.2) is 46.2 Å². The van der Waals surface area contributed by atoms with Gasteiger partial charge in [-0.15, -0.1) is 0 Å². The number of aryl methyl sites for hydroxylation is 1. The molecule has 0 aliphatic heterocycles. The second-order valence-corrected chi connectivity index (χ2v) is 8.47. The van der Waals surface area contributed by atoms with Crippen LogP contribution in [-0.2, 0) is 0 Å². The maximum Gasteiger partial charge on any atom is 0.422 e. The number of halogens is 4. The Morgan fingerprint density at radius 3 is 2.38 bits per heavy atom. The Morgan fingerprint density at radius 2 is 1.76 bits per heavy atom. The van der Waals surface area contributed by atoms with Crippen LogP contribution in [0.4, 0.5) is 23.2 Å². The monoisotopic (exact) mass is 478 g/mol. The van der Waals surface area contributed by atoms with E-state index in [-0.39, 0.29) is 16.6 Å². The maximum atomic E-state index is 14.2. The van der Waals surface area contributed by atoms with Gasteiger partial charge >= 0.3 is 6.18 Å². The zero-order valence-corrected chi connectivity index (χ0v) is 19.4. The highest BCUT2D eigenvalue weighted by Gasteiger charge is 2.57. The average Bonchev–Trinajstić information content (AvgIpc) is 2.78. The molecule has 1 aromatic heterocycles. The smallest absolute Gasteiger partial charge is 0.422 e. The zero-order valence-electron chi connectivity index (χ0n) is 19.4. The number of H-pyrrole nitrogens is 1. The molecule has 0 bridgehead atoms. The van der Waals surface area contributed by atoms with Crippen LogP contribution in [-0.4, -0.2) is 35.2 Å². The fraction of sp³-hybridized carbons (Fsp3) is 0.360. The van der Waals surface area contributed by atoms with E-state index in [0.717, 1.165) is 23.3 Å². The number of hydrogen-bond acceptors (Lipinski definition) is 4. The number of methoxy groups -OCH3 is 1. The molecule has 3 rings (SSSR count). The molecule has 2 N–H and O–H groups in total. The van der Waals surface area contributed by atoms with Gasteiger partial charge in [0.05, 0.1) is 18.3 Å². The van der Waals surface area contributed by atoms with Gasteiger partial charge < -0.3 is 14.8 Å². The summed E-state index contributed by atoms with van der Waals surface area (Å²) in [5, 5.41) is 11.0. The number of benzene rings is 2. The van der Waals surface area contributed by atoms with Crippen LogP contribution in [0, 0.1) is 25.6 Å². The normalized spacial score (nSPS) is 15.9. The second-order valence-electron chi connectivity index (χ2n) is 8.47. The van der Waals surface area contributed by atoms with Gasteiger partial charge in [-0.2, -0.15) is 13.2 Å². The van der Waals surface area contributed by atoms with Crippen LogP contribution in [0.5, 0.6) is 5.75 Å². The summed E-state index contributed by atoms with van der Waals surface area (Å²) >= 11 is 0. The Balaban J connectivity index is 2.09. The van der Waals surface area contributed by atoms with Crippen molar-refractivity contribution >= 4 is 22.8 Å². The van der Waals surface area contributed by atoms with Gasteiger partial charge in [0.25, 0.3) is 0 Å². The quantitative estimate of drug-likeness (QED) is 0.351. The standard InChI is InChI=1S/C25H26F4N2O3/c1-13-6-7-17(23(34-5)14(13)2)15(3)16(4)24(33,25(27,28)29)12-30-20-10-9-19(26)22-18(20)8-11-21(32)31-22/h6-12,15-16,33H,1-5H3,(H,31,32). The van der Waals surface area contributed by atoms with Gasteiger partial charge in [0, 0.05) is 23.6 Å². The number of aliphatic imine (C=N–C) groups is 1. The number of aromatic amines is 1. The molecular weight excluding hydrogens is 452 g/mol. The van der Waals surface area contributed by atoms with Crippen LogP contribution < -0.4 is 10.3 Å². The summed E-state index contributed by atoms with van der Waals surface area (Å²) in [6.45, 7) is 6.56. The van der Waals surface area contributed by atoms with Crippen LogP contribution >= 0.6 is 0 Å². The van der Waals surface area contributed by atoms with E-state index in [4.69, 9.17) is 4.74 Å². The number of rotatable bonds is 6. The molecule has 9 heteroatoms. The molecule has 3 atom stereocenters. The van der Waals surface area contributed by atoms with Crippen molar-refractivity contribution in [1.29, 1.82) is 0 Å². The summed E-state index contributed by atoms with van der Waals surface area (Å²) < 4.78 is 62.2. The number of aromatic nitrogens is 1. The molecule has 5 nitrogen and oxygen atoms in total. The summed E-state index contributed by atoms with van der Waals surface area (Å²) in [6.07, 6.45) is -4.61. The molecule has 182 valence electrons.